The fourth-order valence-corrected chi connectivity index (χ4v) is 0.897. The molecule has 0 aromatic heterocycles. The second-order valence-electron chi connectivity index (χ2n) is 2.74. The first-order valence-corrected chi connectivity index (χ1v) is 3.97. The second kappa shape index (κ2) is 4.70. The van der Waals surface area contributed by atoms with E-state index in [1.165, 1.54) is 19.9 Å². The molecule has 0 radical (unpaired) electrons. The summed E-state index contributed by atoms with van der Waals surface area (Å²) in [5.41, 5.74) is 3.92. The molecular weight excluding hydrogens is 193 g/mol. The molecule has 0 aromatic carbocycles. The average Bonchev–Trinajstić information content (AvgIpc) is 2.02. The van der Waals surface area contributed by atoms with Crippen LogP contribution in [0.15, 0.2) is 22.9 Å². The molecule has 14 heavy (non-hydrogen) atoms. The van der Waals surface area contributed by atoms with Crippen LogP contribution < -0.4 is 5.73 Å². The Balaban J connectivity index is 5.44. The van der Waals surface area contributed by atoms with Crippen molar-refractivity contribution in [1.29, 1.82) is 5.26 Å². The van der Waals surface area contributed by atoms with Gasteiger partial charge in [0, 0.05) is 11.3 Å². The topological polar surface area (TPSA) is 49.8 Å². The zero-order valence-electron chi connectivity index (χ0n) is 7.94. The van der Waals surface area contributed by atoms with Crippen LogP contribution in [0.2, 0.25) is 0 Å². The van der Waals surface area contributed by atoms with Crippen molar-refractivity contribution < 1.29 is 13.2 Å². The van der Waals surface area contributed by atoms with Crippen LogP contribution in [-0.2, 0) is 0 Å². The van der Waals surface area contributed by atoms with Gasteiger partial charge < -0.3 is 5.73 Å². The van der Waals surface area contributed by atoms with E-state index in [2.05, 4.69) is 0 Å². The van der Waals surface area contributed by atoms with Crippen LogP contribution in [0.1, 0.15) is 20.3 Å². The van der Waals surface area contributed by atoms with Gasteiger partial charge >= 0.3 is 6.18 Å². The Morgan fingerprint density at radius 2 is 2.00 bits per heavy atom. The fourth-order valence-electron chi connectivity index (χ4n) is 0.897. The number of rotatable bonds is 2. The predicted molar refractivity (Wildman–Crippen MR) is 46.9 cm³/mol. The molecule has 2 N–H and O–H groups in total. The maximum Gasteiger partial charge on any atom is 0.417 e. The first-order chi connectivity index (χ1) is 6.32. The minimum atomic E-state index is -4.53. The van der Waals surface area contributed by atoms with Gasteiger partial charge in [-0.3, -0.25) is 0 Å². The van der Waals surface area contributed by atoms with Crippen LogP contribution >= 0.6 is 0 Å². The van der Waals surface area contributed by atoms with E-state index in [9.17, 15) is 13.2 Å². The van der Waals surface area contributed by atoms with Crippen molar-refractivity contribution in [2.24, 2.45) is 5.73 Å². The molecule has 0 unspecified atom stereocenters. The number of hydrogen-bond acceptors (Lipinski definition) is 2. The molecule has 0 fully saturated rings. The Bertz CT molecular complexity index is 301. The molecule has 0 aliphatic carbocycles. The van der Waals surface area contributed by atoms with Crippen LogP contribution in [0.5, 0.6) is 0 Å². The SMILES string of the molecule is CC/C(C#N)=C(\C=C(/C)N)C(F)(F)F. The third-order valence-corrected chi connectivity index (χ3v) is 1.49. The van der Waals surface area contributed by atoms with Gasteiger partial charge in [0.15, 0.2) is 0 Å². The summed E-state index contributed by atoms with van der Waals surface area (Å²) in [5.74, 6) is 0. The lowest BCUT2D eigenvalue weighted by molar-refractivity contribution is -0.0889. The van der Waals surface area contributed by atoms with E-state index in [4.69, 9.17) is 11.0 Å². The number of alkyl halides is 3. The highest BCUT2D eigenvalue weighted by Gasteiger charge is 2.34. The van der Waals surface area contributed by atoms with Gasteiger partial charge in [0.25, 0.3) is 0 Å². The number of hydrogen-bond donors (Lipinski definition) is 1. The summed E-state index contributed by atoms with van der Waals surface area (Å²) < 4.78 is 37.2. The zero-order valence-corrected chi connectivity index (χ0v) is 7.94. The van der Waals surface area contributed by atoms with E-state index in [0.717, 1.165) is 6.08 Å². The molecule has 0 aliphatic rings. The first kappa shape index (κ1) is 12.6. The lowest BCUT2D eigenvalue weighted by Gasteiger charge is -2.10. The normalized spacial score (nSPS) is 14.7. The van der Waals surface area contributed by atoms with Crippen LogP contribution in [0, 0.1) is 11.3 Å². The molecular formula is C9H11F3N2. The Morgan fingerprint density at radius 3 is 2.21 bits per heavy atom. The highest BCUT2D eigenvalue weighted by Crippen LogP contribution is 2.30. The standard InChI is InChI=1S/C9H11F3N2/c1-3-7(5-13)8(4-6(2)14)9(10,11)12/h4H,3,14H2,1-2H3/b6-4+,8-7-. The smallest absolute Gasteiger partial charge is 0.402 e. The molecule has 78 valence electrons. The largest absolute Gasteiger partial charge is 0.417 e. The van der Waals surface area contributed by atoms with Crippen LogP contribution in [0.3, 0.4) is 0 Å². The Labute approximate surface area is 80.5 Å². The number of nitrogens with two attached hydrogens (primary N) is 1. The zero-order chi connectivity index (χ0) is 11.4. The maximum absolute atomic E-state index is 12.4. The van der Waals surface area contributed by atoms with Gasteiger partial charge in [0.1, 0.15) is 0 Å². The van der Waals surface area contributed by atoms with E-state index in [-0.39, 0.29) is 17.7 Å². The summed E-state index contributed by atoms with van der Waals surface area (Å²) in [5, 5.41) is 8.49. The molecule has 5 heteroatoms. The van der Waals surface area contributed by atoms with Gasteiger partial charge in [-0.15, -0.1) is 0 Å². The minimum absolute atomic E-state index is 0.0264. The Kier molecular flexibility index (Phi) is 4.22. The van der Waals surface area contributed by atoms with Crippen molar-refractivity contribution in [2.45, 2.75) is 26.4 Å². The van der Waals surface area contributed by atoms with E-state index in [0.29, 0.717) is 0 Å². The van der Waals surface area contributed by atoms with Gasteiger partial charge in [-0.2, -0.15) is 18.4 Å². The lowest BCUT2D eigenvalue weighted by Crippen LogP contribution is -2.13. The van der Waals surface area contributed by atoms with Crippen LogP contribution in [0.4, 0.5) is 13.2 Å². The average molecular weight is 204 g/mol. The molecule has 0 aromatic rings. The summed E-state index contributed by atoms with van der Waals surface area (Å²) in [7, 11) is 0. The van der Waals surface area contributed by atoms with Crippen LogP contribution in [-0.4, -0.2) is 6.18 Å². The van der Waals surface area contributed by atoms with E-state index in [1.807, 2.05) is 0 Å². The quantitative estimate of drug-likeness (QED) is 0.555. The molecule has 0 aliphatic heterocycles. The monoisotopic (exact) mass is 204 g/mol. The van der Waals surface area contributed by atoms with Crippen molar-refractivity contribution in [3.63, 3.8) is 0 Å². The summed E-state index contributed by atoms with van der Waals surface area (Å²) in [6.07, 6.45) is -3.71. The molecule has 2 nitrogen and oxygen atoms in total. The number of nitrogens with zero attached hydrogens (tertiary/aromatic N) is 1. The summed E-state index contributed by atoms with van der Waals surface area (Å²) in [6.45, 7) is 2.83. The van der Waals surface area contributed by atoms with Gasteiger partial charge in [-0.05, 0) is 19.4 Å². The molecule has 0 amide bonds. The van der Waals surface area contributed by atoms with Gasteiger partial charge in [0.05, 0.1) is 11.6 Å². The highest BCUT2D eigenvalue weighted by molar-refractivity contribution is 5.38. The number of nitriles is 1. The highest BCUT2D eigenvalue weighted by atomic mass is 19.4. The molecule has 0 rings (SSSR count). The van der Waals surface area contributed by atoms with Crippen molar-refractivity contribution in [1.82, 2.24) is 0 Å². The van der Waals surface area contributed by atoms with Gasteiger partial charge in [-0.25, -0.2) is 0 Å². The molecule has 0 bridgehead atoms. The summed E-state index contributed by atoms with van der Waals surface area (Å²) >= 11 is 0. The lowest BCUT2D eigenvalue weighted by atomic mass is 10.1. The molecule has 0 saturated carbocycles. The van der Waals surface area contributed by atoms with Gasteiger partial charge in [0.2, 0.25) is 0 Å². The maximum atomic E-state index is 12.4. The minimum Gasteiger partial charge on any atom is -0.402 e. The molecule has 0 heterocycles. The number of allylic oxidation sites excluding steroid dienone is 4. The van der Waals surface area contributed by atoms with Crippen molar-refractivity contribution in [3.8, 4) is 6.07 Å². The van der Waals surface area contributed by atoms with Crippen molar-refractivity contribution in [2.75, 3.05) is 0 Å². The summed E-state index contributed by atoms with van der Waals surface area (Å²) in [6, 6.07) is 1.52. The molecule has 0 spiro atoms. The van der Waals surface area contributed by atoms with Crippen molar-refractivity contribution >= 4 is 0 Å². The third kappa shape index (κ3) is 3.52. The third-order valence-electron chi connectivity index (χ3n) is 1.49. The second-order valence-corrected chi connectivity index (χ2v) is 2.74. The van der Waals surface area contributed by atoms with E-state index < -0.39 is 11.7 Å². The van der Waals surface area contributed by atoms with Crippen LogP contribution in [0.25, 0.3) is 0 Å². The van der Waals surface area contributed by atoms with Gasteiger partial charge in [-0.1, -0.05) is 6.92 Å². The number of halogens is 3. The van der Waals surface area contributed by atoms with E-state index in [1.54, 1.807) is 0 Å². The Morgan fingerprint density at radius 1 is 1.50 bits per heavy atom. The van der Waals surface area contributed by atoms with E-state index >= 15 is 0 Å². The Hall–Kier alpha value is -1.44. The van der Waals surface area contributed by atoms with Crippen molar-refractivity contribution in [3.05, 3.63) is 22.9 Å². The molecule has 0 atom stereocenters. The first-order valence-electron chi connectivity index (χ1n) is 3.97. The fraction of sp³-hybridized carbons (Fsp3) is 0.444. The predicted octanol–water partition coefficient (Wildman–Crippen LogP) is 2.64. The summed E-state index contributed by atoms with van der Waals surface area (Å²) in [4.78, 5) is 0. The molecule has 0 saturated heterocycles.